The van der Waals surface area contributed by atoms with Crippen LogP contribution in [0.4, 0.5) is 0 Å². The summed E-state index contributed by atoms with van der Waals surface area (Å²) < 4.78 is 23.0. The van der Waals surface area contributed by atoms with E-state index in [4.69, 9.17) is 5.73 Å². The van der Waals surface area contributed by atoms with Gasteiger partial charge in [-0.3, -0.25) is 4.90 Å². The Morgan fingerprint density at radius 1 is 1.17 bits per heavy atom. The van der Waals surface area contributed by atoms with Crippen molar-refractivity contribution in [3.05, 3.63) is 0 Å². The Labute approximate surface area is 113 Å². The topological polar surface area (TPSA) is 63.4 Å². The largest absolute Gasteiger partial charge is 0.329 e. The smallest absolute Gasteiger partial charge is 0.150 e. The minimum absolute atomic E-state index is 0.00795. The van der Waals surface area contributed by atoms with Crippen LogP contribution in [0.25, 0.3) is 0 Å². The van der Waals surface area contributed by atoms with Crippen LogP contribution in [0.15, 0.2) is 0 Å². The van der Waals surface area contributed by atoms with E-state index in [0.717, 1.165) is 25.9 Å². The molecule has 0 aromatic carbocycles. The van der Waals surface area contributed by atoms with Crippen molar-refractivity contribution in [3.8, 4) is 0 Å². The zero-order chi connectivity index (χ0) is 14.2. The van der Waals surface area contributed by atoms with Crippen molar-refractivity contribution in [1.82, 2.24) is 4.90 Å². The first-order valence-corrected chi connectivity index (χ1v) is 8.82. The van der Waals surface area contributed by atoms with Crippen LogP contribution in [0.3, 0.4) is 0 Å². The van der Waals surface area contributed by atoms with Crippen LogP contribution in [-0.2, 0) is 9.84 Å². The second-order valence-corrected chi connectivity index (χ2v) is 7.60. The lowest BCUT2D eigenvalue weighted by molar-refractivity contribution is 0.106. The number of hydrogen-bond acceptors (Lipinski definition) is 4. The molecule has 2 N–H and O–H groups in total. The Balaban J connectivity index is 4.46. The molecule has 0 aliphatic rings. The van der Waals surface area contributed by atoms with Crippen LogP contribution >= 0.6 is 0 Å². The molecule has 0 radical (unpaired) electrons. The van der Waals surface area contributed by atoms with E-state index in [0.29, 0.717) is 13.0 Å². The highest BCUT2D eigenvalue weighted by molar-refractivity contribution is 7.91. The van der Waals surface area contributed by atoms with E-state index in [9.17, 15) is 8.42 Å². The normalized spacial score (nSPS) is 15.9. The Morgan fingerprint density at radius 3 is 2.17 bits per heavy atom. The molecule has 1 atom stereocenters. The maximum absolute atomic E-state index is 11.5. The molecule has 0 aromatic heterocycles. The van der Waals surface area contributed by atoms with Crippen molar-refractivity contribution in [3.63, 3.8) is 0 Å². The number of nitrogens with two attached hydrogens (primary N) is 1. The third-order valence-electron chi connectivity index (χ3n) is 3.78. The molecule has 5 heteroatoms. The minimum atomic E-state index is -2.85. The first-order valence-electron chi connectivity index (χ1n) is 7.00. The summed E-state index contributed by atoms with van der Waals surface area (Å²) >= 11 is 0. The van der Waals surface area contributed by atoms with Gasteiger partial charge in [-0.05, 0) is 39.3 Å². The van der Waals surface area contributed by atoms with E-state index in [2.05, 4.69) is 25.7 Å². The lowest BCUT2D eigenvalue weighted by Gasteiger charge is -2.40. The van der Waals surface area contributed by atoms with Gasteiger partial charge in [0.2, 0.25) is 0 Å². The summed E-state index contributed by atoms with van der Waals surface area (Å²) in [6.07, 6.45) is 2.76. The third-order valence-corrected chi connectivity index (χ3v) is 5.57. The van der Waals surface area contributed by atoms with E-state index in [1.807, 2.05) is 0 Å². The highest BCUT2D eigenvalue weighted by atomic mass is 32.2. The predicted molar refractivity (Wildman–Crippen MR) is 78.6 cm³/mol. The van der Waals surface area contributed by atoms with E-state index in [1.54, 1.807) is 6.92 Å². The first-order chi connectivity index (χ1) is 8.35. The van der Waals surface area contributed by atoms with Crippen molar-refractivity contribution < 1.29 is 8.42 Å². The average molecular weight is 278 g/mol. The second-order valence-electron chi connectivity index (χ2n) is 5.13. The van der Waals surface area contributed by atoms with Crippen molar-refractivity contribution in [1.29, 1.82) is 0 Å². The second kappa shape index (κ2) is 8.12. The molecule has 0 heterocycles. The Hall–Kier alpha value is -0.130. The monoisotopic (exact) mass is 278 g/mol. The summed E-state index contributed by atoms with van der Waals surface area (Å²) in [5.41, 5.74) is 5.86. The SMILES string of the molecule is CCCN(CCCS(=O)(=O)CC)C(C)(CC)CN. The van der Waals surface area contributed by atoms with Crippen LogP contribution in [0, 0.1) is 0 Å². The van der Waals surface area contributed by atoms with Gasteiger partial charge in [0.1, 0.15) is 9.84 Å². The third kappa shape index (κ3) is 5.67. The molecule has 4 nitrogen and oxygen atoms in total. The molecule has 0 aromatic rings. The van der Waals surface area contributed by atoms with Gasteiger partial charge in [0.05, 0.1) is 5.75 Å². The van der Waals surface area contributed by atoms with Gasteiger partial charge < -0.3 is 5.73 Å². The Morgan fingerprint density at radius 2 is 1.78 bits per heavy atom. The van der Waals surface area contributed by atoms with Crippen LogP contribution in [0.1, 0.15) is 47.0 Å². The van der Waals surface area contributed by atoms with Crippen LogP contribution in [0.5, 0.6) is 0 Å². The molecule has 0 saturated heterocycles. The highest BCUT2D eigenvalue weighted by Gasteiger charge is 2.27. The molecule has 1 unspecified atom stereocenters. The molecule has 18 heavy (non-hydrogen) atoms. The van der Waals surface area contributed by atoms with Crippen molar-refractivity contribution in [2.45, 2.75) is 52.5 Å². The molecule has 0 bridgehead atoms. The molecule has 0 aliphatic heterocycles. The molecule has 0 rings (SSSR count). The summed E-state index contributed by atoms with van der Waals surface area (Å²) in [6, 6.07) is 0. The number of nitrogens with zero attached hydrogens (tertiary/aromatic N) is 1. The first kappa shape index (κ1) is 17.9. The summed E-state index contributed by atoms with van der Waals surface area (Å²) in [4.78, 5) is 2.35. The fourth-order valence-corrected chi connectivity index (χ4v) is 2.90. The molecule has 0 aliphatic carbocycles. The van der Waals surface area contributed by atoms with E-state index in [-0.39, 0.29) is 17.0 Å². The number of hydrogen-bond donors (Lipinski definition) is 1. The Bertz CT molecular complexity index is 311. The highest BCUT2D eigenvalue weighted by Crippen LogP contribution is 2.19. The van der Waals surface area contributed by atoms with Gasteiger partial charge in [-0.15, -0.1) is 0 Å². The van der Waals surface area contributed by atoms with Gasteiger partial charge in [-0.2, -0.15) is 0 Å². The number of rotatable bonds is 10. The van der Waals surface area contributed by atoms with Crippen LogP contribution in [0.2, 0.25) is 0 Å². The predicted octanol–water partition coefficient (Wildman–Crippen LogP) is 1.65. The summed E-state index contributed by atoms with van der Waals surface area (Å²) in [5.74, 6) is 0.525. The molecule has 110 valence electrons. The molecule has 0 amide bonds. The molecule has 0 spiro atoms. The zero-order valence-corrected chi connectivity index (χ0v) is 13.2. The number of sulfone groups is 1. The zero-order valence-electron chi connectivity index (χ0n) is 12.4. The van der Waals surface area contributed by atoms with Crippen LogP contribution < -0.4 is 5.73 Å². The van der Waals surface area contributed by atoms with Gasteiger partial charge in [0.15, 0.2) is 0 Å². The van der Waals surface area contributed by atoms with Gasteiger partial charge in [0.25, 0.3) is 0 Å². The molecular weight excluding hydrogens is 248 g/mol. The fraction of sp³-hybridized carbons (Fsp3) is 1.00. The maximum atomic E-state index is 11.5. The van der Waals surface area contributed by atoms with Gasteiger partial charge in [-0.25, -0.2) is 8.42 Å². The van der Waals surface area contributed by atoms with Gasteiger partial charge >= 0.3 is 0 Å². The standard InChI is InChI=1S/C13H30N2O2S/c1-5-9-15(13(4,6-2)12-14)10-8-11-18(16,17)7-3/h5-12,14H2,1-4H3. The lowest BCUT2D eigenvalue weighted by atomic mass is 9.96. The van der Waals surface area contributed by atoms with Crippen molar-refractivity contribution >= 4 is 9.84 Å². The molecule has 0 saturated carbocycles. The minimum Gasteiger partial charge on any atom is -0.329 e. The van der Waals surface area contributed by atoms with Gasteiger partial charge in [0, 0.05) is 17.8 Å². The molecule has 0 fully saturated rings. The summed E-state index contributed by atoms with van der Waals surface area (Å²) in [6.45, 7) is 10.6. The summed E-state index contributed by atoms with van der Waals surface area (Å²) in [5, 5.41) is 0. The maximum Gasteiger partial charge on any atom is 0.150 e. The van der Waals surface area contributed by atoms with Gasteiger partial charge in [-0.1, -0.05) is 20.8 Å². The van der Waals surface area contributed by atoms with Crippen LogP contribution in [-0.4, -0.2) is 50.0 Å². The fourth-order valence-electron chi connectivity index (χ4n) is 2.04. The van der Waals surface area contributed by atoms with E-state index in [1.165, 1.54) is 0 Å². The van der Waals surface area contributed by atoms with Crippen molar-refractivity contribution in [2.75, 3.05) is 31.1 Å². The van der Waals surface area contributed by atoms with Crippen molar-refractivity contribution in [2.24, 2.45) is 5.73 Å². The van der Waals surface area contributed by atoms with E-state index >= 15 is 0 Å². The molecular formula is C13H30N2O2S. The Kier molecular flexibility index (Phi) is 8.06. The lowest BCUT2D eigenvalue weighted by Crippen LogP contribution is -2.52. The van der Waals surface area contributed by atoms with E-state index < -0.39 is 9.84 Å². The quantitative estimate of drug-likeness (QED) is 0.660. The average Bonchev–Trinajstić information content (AvgIpc) is 2.36. The summed E-state index contributed by atoms with van der Waals surface area (Å²) in [7, 11) is -2.85.